The molecule has 0 amide bonds. The summed E-state index contributed by atoms with van der Waals surface area (Å²) in [5, 5.41) is 20.7. The van der Waals surface area contributed by atoms with Gasteiger partial charge in [-0.25, -0.2) is 4.79 Å². The molecule has 0 bridgehead atoms. The van der Waals surface area contributed by atoms with Crippen LogP contribution in [0.15, 0.2) is 60.7 Å². The second kappa shape index (κ2) is 11.7. The van der Waals surface area contributed by atoms with Gasteiger partial charge in [-0.1, -0.05) is 81.5 Å². The highest BCUT2D eigenvalue weighted by Crippen LogP contribution is 2.30. The Morgan fingerprint density at radius 2 is 1.83 bits per heavy atom. The van der Waals surface area contributed by atoms with Gasteiger partial charge < -0.3 is 14.9 Å². The standard InChI is InChI=1S/C25H34O4/c1-4-21-14-15-24(28)29-25(21)19(3)16-18(2)23(27)17-22(26)13-9-8-12-20-10-6-5-7-11-20/h5-15,18-19,21-23,25-27H,4,16-17H2,1-3H3/b12-8+,13-9+/t18?,19-,21?,22?,23+,25?/m1/s1. The van der Waals surface area contributed by atoms with Gasteiger partial charge in [-0.3, -0.25) is 0 Å². The summed E-state index contributed by atoms with van der Waals surface area (Å²) in [6.45, 7) is 6.13. The van der Waals surface area contributed by atoms with E-state index in [1.54, 1.807) is 12.2 Å². The van der Waals surface area contributed by atoms with E-state index < -0.39 is 12.2 Å². The fraction of sp³-hybridized carbons (Fsp3) is 0.480. The quantitative estimate of drug-likeness (QED) is 0.449. The number of esters is 1. The number of ether oxygens (including phenoxy) is 1. The fourth-order valence-corrected chi connectivity index (χ4v) is 3.84. The van der Waals surface area contributed by atoms with E-state index in [0.717, 1.165) is 18.4 Å². The number of carbonyl (C=O) groups excluding carboxylic acids is 1. The van der Waals surface area contributed by atoms with Crippen LogP contribution in [0.25, 0.3) is 6.08 Å². The predicted octanol–water partition coefficient (Wildman–Crippen LogP) is 4.54. The lowest BCUT2D eigenvalue weighted by atomic mass is 9.81. The summed E-state index contributed by atoms with van der Waals surface area (Å²) >= 11 is 0. The Hall–Kier alpha value is -2.17. The minimum Gasteiger partial charge on any atom is -0.458 e. The Balaban J connectivity index is 1.80. The first-order valence-corrected chi connectivity index (χ1v) is 10.6. The summed E-state index contributed by atoms with van der Waals surface area (Å²) in [6.07, 6.45) is 11.2. The summed E-state index contributed by atoms with van der Waals surface area (Å²) in [4.78, 5) is 11.6. The van der Waals surface area contributed by atoms with Crippen LogP contribution in [0.2, 0.25) is 0 Å². The molecule has 0 saturated carbocycles. The average Bonchev–Trinajstić information content (AvgIpc) is 2.71. The monoisotopic (exact) mass is 398 g/mol. The Morgan fingerprint density at radius 3 is 2.52 bits per heavy atom. The third kappa shape index (κ3) is 7.64. The normalized spacial score (nSPS) is 23.8. The molecule has 6 atom stereocenters. The Labute approximate surface area is 174 Å². The number of cyclic esters (lactones) is 1. The first kappa shape index (κ1) is 23.1. The van der Waals surface area contributed by atoms with E-state index in [4.69, 9.17) is 4.74 Å². The smallest absolute Gasteiger partial charge is 0.330 e. The van der Waals surface area contributed by atoms with Crippen molar-refractivity contribution in [1.29, 1.82) is 0 Å². The van der Waals surface area contributed by atoms with Crippen LogP contribution < -0.4 is 0 Å². The second-order valence-corrected chi connectivity index (χ2v) is 8.05. The lowest BCUT2D eigenvalue weighted by Crippen LogP contribution is -2.36. The highest BCUT2D eigenvalue weighted by Gasteiger charge is 2.32. The molecule has 1 aromatic rings. The van der Waals surface area contributed by atoms with Crippen molar-refractivity contribution in [3.05, 3.63) is 66.3 Å². The van der Waals surface area contributed by atoms with Gasteiger partial charge in [0.15, 0.2) is 0 Å². The molecule has 4 nitrogen and oxygen atoms in total. The fourth-order valence-electron chi connectivity index (χ4n) is 3.84. The molecule has 0 aromatic heterocycles. The lowest BCUT2D eigenvalue weighted by molar-refractivity contribution is -0.150. The highest BCUT2D eigenvalue weighted by molar-refractivity contribution is 5.83. The molecule has 0 saturated heterocycles. The zero-order valence-electron chi connectivity index (χ0n) is 17.6. The highest BCUT2D eigenvalue weighted by atomic mass is 16.5. The van der Waals surface area contributed by atoms with E-state index in [1.165, 1.54) is 6.08 Å². The first-order chi connectivity index (χ1) is 13.9. The minimum atomic E-state index is -0.706. The number of hydrogen-bond acceptors (Lipinski definition) is 4. The first-order valence-electron chi connectivity index (χ1n) is 10.6. The van der Waals surface area contributed by atoms with Crippen molar-refractivity contribution in [2.75, 3.05) is 0 Å². The van der Waals surface area contributed by atoms with Gasteiger partial charge in [0, 0.05) is 18.4 Å². The number of carbonyl (C=O) groups is 1. The lowest BCUT2D eigenvalue weighted by Gasteiger charge is -2.33. The van der Waals surface area contributed by atoms with E-state index in [-0.39, 0.29) is 36.2 Å². The topological polar surface area (TPSA) is 66.8 Å². The van der Waals surface area contributed by atoms with Gasteiger partial charge in [0.25, 0.3) is 0 Å². The maximum atomic E-state index is 11.6. The van der Waals surface area contributed by atoms with Gasteiger partial charge in [0.2, 0.25) is 0 Å². The van der Waals surface area contributed by atoms with Crippen molar-refractivity contribution in [2.45, 2.75) is 58.3 Å². The van der Waals surface area contributed by atoms with Crippen molar-refractivity contribution in [3.63, 3.8) is 0 Å². The average molecular weight is 399 g/mol. The van der Waals surface area contributed by atoms with Gasteiger partial charge in [-0.15, -0.1) is 0 Å². The number of benzene rings is 1. The van der Waals surface area contributed by atoms with E-state index in [9.17, 15) is 15.0 Å². The van der Waals surface area contributed by atoms with Crippen molar-refractivity contribution < 1.29 is 19.7 Å². The van der Waals surface area contributed by atoms with Crippen molar-refractivity contribution in [1.82, 2.24) is 0 Å². The Morgan fingerprint density at radius 1 is 1.10 bits per heavy atom. The van der Waals surface area contributed by atoms with Gasteiger partial charge in [0.05, 0.1) is 12.2 Å². The molecule has 1 aromatic carbocycles. The molecule has 2 N–H and O–H groups in total. The van der Waals surface area contributed by atoms with Crippen LogP contribution >= 0.6 is 0 Å². The summed E-state index contributed by atoms with van der Waals surface area (Å²) in [6, 6.07) is 9.94. The molecule has 158 valence electrons. The Bertz CT molecular complexity index is 707. The molecule has 0 fully saturated rings. The summed E-state index contributed by atoms with van der Waals surface area (Å²) in [5.74, 6) is 0.0656. The molecule has 2 rings (SSSR count). The SMILES string of the molecule is CCC1C=CC(=O)OC1[C@H](C)CC(C)[C@@H](O)CC(O)/C=C/C=C/c1ccccc1. The Kier molecular flexibility index (Phi) is 9.36. The number of allylic oxidation sites excluding steroid dienone is 2. The summed E-state index contributed by atoms with van der Waals surface area (Å²) in [7, 11) is 0. The molecular formula is C25H34O4. The largest absolute Gasteiger partial charge is 0.458 e. The minimum absolute atomic E-state index is 0.00461. The van der Waals surface area contributed by atoms with Crippen LogP contribution in [0.5, 0.6) is 0 Å². The summed E-state index contributed by atoms with van der Waals surface area (Å²) < 4.78 is 5.54. The molecule has 29 heavy (non-hydrogen) atoms. The van der Waals surface area contributed by atoms with Crippen LogP contribution in [-0.2, 0) is 9.53 Å². The molecule has 1 aliphatic heterocycles. The molecule has 4 heteroatoms. The van der Waals surface area contributed by atoms with E-state index in [1.807, 2.05) is 55.5 Å². The molecule has 0 aliphatic carbocycles. The molecule has 0 radical (unpaired) electrons. The number of hydrogen-bond donors (Lipinski definition) is 2. The van der Waals surface area contributed by atoms with Gasteiger partial charge >= 0.3 is 5.97 Å². The van der Waals surface area contributed by atoms with E-state index in [2.05, 4.69) is 13.8 Å². The maximum absolute atomic E-state index is 11.6. The van der Waals surface area contributed by atoms with E-state index >= 15 is 0 Å². The second-order valence-electron chi connectivity index (χ2n) is 8.05. The maximum Gasteiger partial charge on any atom is 0.330 e. The van der Waals surface area contributed by atoms with Crippen LogP contribution in [0.4, 0.5) is 0 Å². The van der Waals surface area contributed by atoms with Gasteiger partial charge in [-0.2, -0.15) is 0 Å². The van der Waals surface area contributed by atoms with Crippen LogP contribution in [0.3, 0.4) is 0 Å². The van der Waals surface area contributed by atoms with Gasteiger partial charge in [0.1, 0.15) is 6.10 Å². The molecule has 1 heterocycles. The zero-order chi connectivity index (χ0) is 21.2. The molecule has 4 unspecified atom stereocenters. The van der Waals surface area contributed by atoms with Crippen molar-refractivity contribution in [3.8, 4) is 0 Å². The third-order valence-electron chi connectivity index (χ3n) is 5.60. The van der Waals surface area contributed by atoms with Crippen LogP contribution in [0, 0.1) is 17.8 Å². The van der Waals surface area contributed by atoms with Gasteiger partial charge in [-0.05, 0) is 30.2 Å². The molecular weight excluding hydrogens is 364 g/mol. The third-order valence-corrected chi connectivity index (χ3v) is 5.60. The summed E-state index contributed by atoms with van der Waals surface area (Å²) in [5.41, 5.74) is 1.10. The zero-order valence-corrected chi connectivity index (χ0v) is 17.6. The molecule has 0 spiro atoms. The van der Waals surface area contributed by atoms with E-state index in [0.29, 0.717) is 0 Å². The predicted molar refractivity (Wildman–Crippen MR) is 117 cm³/mol. The number of rotatable bonds is 10. The van der Waals surface area contributed by atoms with Crippen LogP contribution in [-0.4, -0.2) is 34.5 Å². The number of aliphatic hydroxyl groups excluding tert-OH is 2. The van der Waals surface area contributed by atoms with Crippen LogP contribution in [0.1, 0.15) is 45.6 Å². The number of aliphatic hydroxyl groups is 2. The van der Waals surface area contributed by atoms with Crippen molar-refractivity contribution in [2.24, 2.45) is 17.8 Å². The van der Waals surface area contributed by atoms with Crippen molar-refractivity contribution >= 4 is 12.0 Å². The molecule has 1 aliphatic rings.